The first-order chi connectivity index (χ1) is 9.86. The van der Waals surface area contributed by atoms with E-state index in [1.165, 1.54) is 6.33 Å². The number of imidazole rings is 1. The van der Waals surface area contributed by atoms with E-state index < -0.39 is 23.3 Å². The number of ether oxygens (including phenoxy) is 1. The van der Waals surface area contributed by atoms with Gasteiger partial charge in [0, 0.05) is 0 Å². The molecule has 0 aliphatic carbocycles. The number of aryl methyl sites for hydroxylation is 1. The fraction of sp³-hybridized carbons (Fsp3) is 0.583. The summed E-state index contributed by atoms with van der Waals surface area (Å²) in [6.45, 7) is 3.03. The molecule has 1 fully saturated rings. The number of aliphatic hydroxyl groups is 2. The summed E-state index contributed by atoms with van der Waals surface area (Å²) in [7, 11) is 0. The monoisotopic (exact) mass is 313 g/mol. The minimum atomic E-state index is -1.13. The van der Waals surface area contributed by atoms with Gasteiger partial charge in [0.2, 0.25) is 0 Å². The SMILES string of the molecule is Cc1nc(N)c2ncn([C@@H]3O[C@H](CO)[C@@H](O)[C@@]3(C)Cl)c2n1. The van der Waals surface area contributed by atoms with Gasteiger partial charge in [0.25, 0.3) is 0 Å². The lowest BCUT2D eigenvalue weighted by Crippen LogP contribution is -2.39. The zero-order valence-electron chi connectivity index (χ0n) is 11.6. The third-order valence-corrected chi connectivity index (χ3v) is 4.12. The highest BCUT2D eigenvalue weighted by molar-refractivity contribution is 6.24. The van der Waals surface area contributed by atoms with Gasteiger partial charge in [0.05, 0.1) is 12.9 Å². The van der Waals surface area contributed by atoms with E-state index in [0.29, 0.717) is 17.0 Å². The molecule has 0 amide bonds. The third-order valence-electron chi connectivity index (χ3n) is 3.71. The molecular weight excluding hydrogens is 298 g/mol. The van der Waals surface area contributed by atoms with Crippen molar-refractivity contribution in [2.24, 2.45) is 0 Å². The number of rotatable bonds is 2. The number of fused-ring (bicyclic) bond motifs is 1. The fourth-order valence-electron chi connectivity index (χ4n) is 2.59. The van der Waals surface area contributed by atoms with Gasteiger partial charge in [0.15, 0.2) is 17.7 Å². The van der Waals surface area contributed by atoms with E-state index in [0.717, 1.165) is 0 Å². The van der Waals surface area contributed by atoms with Gasteiger partial charge in [-0.3, -0.25) is 4.57 Å². The van der Waals surface area contributed by atoms with Crippen molar-refractivity contribution in [3.63, 3.8) is 0 Å². The van der Waals surface area contributed by atoms with Gasteiger partial charge in [-0.15, -0.1) is 11.6 Å². The predicted molar refractivity (Wildman–Crippen MR) is 75.7 cm³/mol. The molecule has 4 atom stereocenters. The smallest absolute Gasteiger partial charge is 0.167 e. The van der Waals surface area contributed by atoms with Crippen LogP contribution in [0.4, 0.5) is 5.82 Å². The Balaban J connectivity index is 2.13. The van der Waals surface area contributed by atoms with Gasteiger partial charge >= 0.3 is 0 Å². The molecule has 8 nitrogen and oxygen atoms in total. The second kappa shape index (κ2) is 4.77. The molecule has 9 heteroatoms. The first-order valence-corrected chi connectivity index (χ1v) is 6.84. The Kier molecular flexibility index (Phi) is 3.28. The lowest BCUT2D eigenvalue weighted by Gasteiger charge is -2.26. The lowest BCUT2D eigenvalue weighted by atomic mass is 10.0. The average molecular weight is 314 g/mol. The lowest BCUT2D eigenvalue weighted by molar-refractivity contribution is -0.0441. The molecule has 0 radical (unpaired) electrons. The summed E-state index contributed by atoms with van der Waals surface area (Å²) in [4.78, 5) is 11.4. The molecule has 3 heterocycles. The molecule has 4 N–H and O–H groups in total. The Hall–Kier alpha value is -1.48. The number of halogens is 1. The van der Waals surface area contributed by atoms with E-state index in [2.05, 4.69) is 15.0 Å². The minimum Gasteiger partial charge on any atom is -0.394 e. The number of anilines is 1. The van der Waals surface area contributed by atoms with E-state index >= 15 is 0 Å². The second-order valence-corrected chi connectivity index (χ2v) is 6.10. The topological polar surface area (TPSA) is 119 Å². The summed E-state index contributed by atoms with van der Waals surface area (Å²) >= 11 is 6.42. The summed E-state index contributed by atoms with van der Waals surface area (Å²) in [5.41, 5.74) is 6.75. The highest BCUT2D eigenvalue weighted by Crippen LogP contribution is 2.44. The quantitative estimate of drug-likeness (QED) is 0.666. The molecule has 2 aromatic heterocycles. The largest absolute Gasteiger partial charge is 0.394 e. The van der Waals surface area contributed by atoms with Crippen LogP contribution >= 0.6 is 11.6 Å². The number of nitrogen functional groups attached to an aromatic ring is 1. The van der Waals surface area contributed by atoms with Crippen molar-refractivity contribution < 1.29 is 14.9 Å². The van der Waals surface area contributed by atoms with E-state index in [9.17, 15) is 10.2 Å². The first kappa shape index (κ1) is 14.5. The van der Waals surface area contributed by atoms with Crippen LogP contribution in [-0.2, 0) is 4.74 Å². The van der Waals surface area contributed by atoms with E-state index in [4.69, 9.17) is 22.1 Å². The number of hydrogen-bond donors (Lipinski definition) is 3. The van der Waals surface area contributed by atoms with Crippen LogP contribution in [0.25, 0.3) is 11.2 Å². The average Bonchev–Trinajstić information content (AvgIpc) is 2.91. The first-order valence-electron chi connectivity index (χ1n) is 6.46. The van der Waals surface area contributed by atoms with Crippen LogP contribution < -0.4 is 5.73 Å². The van der Waals surface area contributed by atoms with Crippen LogP contribution in [0.3, 0.4) is 0 Å². The van der Waals surface area contributed by atoms with Gasteiger partial charge in [-0.2, -0.15) is 0 Å². The van der Waals surface area contributed by atoms with Gasteiger partial charge in [0.1, 0.15) is 28.4 Å². The Bertz CT molecular complexity index is 689. The van der Waals surface area contributed by atoms with Crippen molar-refractivity contribution in [1.29, 1.82) is 0 Å². The van der Waals surface area contributed by atoms with Crippen LogP contribution in [0.2, 0.25) is 0 Å². The fourth-order valence-corrected chi connectivity index (χ4v) is 2.88. The molecule has 21 heavy (non-hydrogen) atoms. The number of nitrogens with two attached hydrogens (primary N) is 1. The molecule has 0 aromatic carbocycles. The van der Waals surface area contributed by atoms with Crippen LogP contribution in [0.15, 0.2) is 6.33 Å². The molecule has 1 saturated heterocycles. The Morgan fingerprint density at radius 2 is 2.24 bits per heavy atom. The van der Waals surface area contributed by atoms with E-state index in [-0.39, 0.29) is 12.4 Å². The molecule has 0 spiro atoms. The Morgan fingerprint density at radius 1 is 1.52 bits per heavy atom. The summed E-state index contributed by atoms with van der Waals surface area (Å²) < 4.78 is 7.26. The Morgan fingerprint density at radius 3 is 2.86 bits per heavy atom. The molecule has 1 aliphatic rings. The van der Waals surface area contributed by atoms with Crippen molar-refractivity contribution in [3.05, 3.63) is 12.2 Å². The molecule has 0 saturated carbocycles. The van der Waals surface area contributed by atoms with E-state index in [1.807, 2.05) is 0 Å². The summed E-state index contributed by atoms with van der Waals surface area (Å²) in [5, 5.41) is 19.4. The minimum absolute atomic E-state index is 0.268. The normalized spacial score (nSPS) is 32.9. The van der Waals surface area contributed by atoms with Crippen molar-refractivity contribution >= 4 is 28.6 Å². The molecule has 0 bridgehead atoms. The van der Waals surface area contributed by atoms with Crippen LogP contribution in [-0.4, -0.2) is 53.4 Å². The molecule has 0 unspecified atom stereocenters. The number of nitrogens with zero attached hydrogens (tertiary/aromatic N) is 4. The summed E-state index contributed by atoms with van der Waals surface area (Å²) in [6, 6.07) is 0. The zero-order chi connectivity index (χ0) is 15.4. The van der Waals surface area contributed by atoms with Crippen LogP contribution in [0, 0.1) is 6.92 Å². The Labute approximate surface area is 125 Å². The maximum atomic E-state index is 10.2. The third kappa shape index (κ3) is 2.06. The van der Waals surface area contributed by atoms with Crippen molar-refractivity contribution in [2.75, 3.05) is 12.3 Å². The molecule has 114 valence electrons. The van der Waals surface area contributed by atoms with Crippen molar-refractivity contribution in [1.82, 2.24) is 19.5 Å². The number of aromatic nitrogens is 4. The van der Waals surface area contributed by atoms with Gasteiger partial charge in [-0.1, -0.05) is 0 Å². The molecule has 3 rings (SSSR count). The number of aliphatic hydroxyl groups excluding tert-OH is 2. The number of hydrogen-bond acceptors (Lipinski definition) is 7. The summed E-state index contributed by atoms with van der Waals surface area (Å²) in [6.07, 6.45) is -1.03. The van der Waals surface area contributed by atoms with Crippen molar-refractivity contribution in [3.8, 4) is 0 Å². The standard InChI is InChI=1S/C12H16ClN5O3/c1-5-16-9(14)7-10(17-5)18(4-15-7)11-12(2,13)8(20)6(3-19)21-11/h4,6,8,11,19-20H,3H2,1-2H3,(H2,14,16,17)/t6-,8-,11-,12-/m1/s1. The predicted octanol–water partition coefficient (Wildman–Crippen LogP) is -0.0350. The van der Waals surface area contributed by atoms with Crippen LogP contribution in [0.5, 0.6) is 0 Å². The van der Waals surface area contributed by atoms with Crippen molar-refractivity contribution in [2.45, 2.75) is 37.2 Å². The number of alkyl halides is 1. The maximum absolute atomic E-state index is 10.2. The maximum Gasteiger partial charge on any atom is 0.167 e. The second-order valence-electron chi connectivity index (χ2n) is 5.29. The van der Waals surface area contributed by atoms with Gasteiger partial charge in [-0.25, -0.2) is 15.0 Å². The molecule has 2 aromatic rings. The highest BCUT2D eigenvalue weighted by atomic mass is 35.5. The zero-order valence-corrected chi connectivity index (χ0v) is 12.3. The van der Waals surface area contributed by atoms with Crippen LogP contribution in [0.1, 0.15) is 19.0 Å². The van der Waals surface area contributed by atoms with E-state index in [1.54, 1.807) is 18.4 Å². The molecule has 1 aliphatic heterocycles. The summed E-state index contributed by atoms with van der Waals surface area (Å²) in [5.74, 6) is 0.764. The highest BCUT2D eigenvalue weighted by Gasteiger charge is 2.53. The molecular formula is C12H16ClN5O3. The van der Waals surface area contributed by atoms with Gasteiger partial charge < -0.3 is 20.7 Å². The van der Waals surface area contributed by atoms with Gasteiger partial charge in [-0.05, 0) is 13.8 Å².